The summed E-state index contributed by atoms with van der Waals surface area (Å²) in [4.78, 5) is 12.1. The van der Waals surface area contributed by atoms with Crippen molar-refractivity contribution in [2.24, 2.45) is 0 Å². The Bertz CT molecular complexity index is 939. The maximum Gasteiger partial charge on any atom is 0.418 e. The number of hydrogen-bond acceptors (Lipinski definition) is 2. The van der Waals surface area contributed by atoms with E-state index in [-0.39, 0.29) is 11.4 Å². The summed E-state index contributed by atoms with van der Waals surface area (Å²) in [7, 11) is 0. The Hall–Kier alpha value is -3.22. The number of anilines is 2. The number of benzene rings is 3. The van der Waals surface area contributed by atoms with Gasteiger partial charge in [0, 0.05) is 10.8 Å². The topological polar surface area (TPSA) is 61.4 Å². The van der Waals surface area contributed by atoms with Gasteiger partial charge in [-0.2, -0.15) is 13.2 Å². The molecule has 3 aromatic carbocycles. The van der Waals surface area contributed by atoms with Gasteiger partial charge in [-0.1, -0.05) is 36.4 Å². The number of halogens is 3. The largest absolute Gasteiger partial charge is 0.507 e. The van der Waals surface area contributed by atoms with Crippen molar-refractivity contribution in [2.45, 2.75) is 6.18 Å². The number of aromatic hydroxyl groups is 1. The van der Waals surface area contributed by atoms with Crippen molar-refractivity contribution in [1.82, 2.24) is 0 Å². The van der Waals surface area contributed by atoms with Gasteiger partial charge in [-0.15, -0.1) is 0 Å². The number of urea groups is 1. The summed E-state index contributed by atoms with van der Waals surface area (Å²) >= 11 is 0. The summed E-state index contributed by atoms with van der Waals surface area (Å²) in [6.45, 7) is 0. The first-order valence-corrected chi connectivity index (χ1v) is 7.31. The summed E-state index contributed by atoms with van der Waals surface area (Å²) in [5.41, 5.74) is -0.897. The number of nitrogens with one attached hydrogen (secondary N) is 2. The number of carbonyl (C=O) groups excluding carboxylic acids is 1. The molecule has 0 spiro atoms. The van der Waals surface area contributed by atoms with Crippen LogP contribution < -0.4 is 10.6 Å². The molecular formula is C18H13F3N2O2. The van der Waals surface area contributed by atoms with E-state index in [2.05, 4.69) is 10.6 Å². The molecule has 0 aromatic heterocycles. The van der Waals surface area contributed by atoms with Crippen LogP contribution in [0, 0.1) is 0 Å². The van der Waals surface area contributed by atoms with Crippen LogP contribution in [0.15, 0.2) is 60.7 Å². The molecule has 3 N–H and O–H groups in total. The highest BCUT2D eigenvalue weighted by atomic mass is 19.4. The third-order valence-corrected chi connectivity index (χ3v) is 3.63. The average molecular weight is 346 g/mol. The number of fused-ring (bicyclic) bond motifs is 1. The summed E-state index contributed by atoms with van der Waals surface area (Å²) in [6.07, 6.45) is -4.57. The number of phenols is 1. The van der Waals surface area contributed by atoms with Crippen LogP contribution >= 0.6 is 0 Å². The summed E-state index contributed by atoms with van der Waals surface area (Å²) in [5, 5.41) is 15.7. The third kappa shape index (κ3) is 3.50. The number of phenolic OH excluding ortho intramolecular Hbond substituents is 1. The predicted octanol–water partition coefficient (Wildman–Crippen LogP) is 5.21. The normalized spacial score (nSPS) is 11.3. The van der Waals surface area contributed by atoms with Gasteiger partial charge in [0.2, 0.25) is 0 Å². The van der Waals surface area contributed by atoms with E-state index in [0.29, 0.717) is 16.5 Å². The van der Waals surface area contributed by atoms with Crippen molar-refractivity contribution in [2.75, 3.05) is 10.6 Å². The van der Waals surface area contributed by atoms with Gasteiger partial charge < -0.3 is 15.7 Å². The Kier molecular flexibility index (Phi) is 4.22. The van der Waals surface area contributed by atoms with E-state index < -0.39 is 17.8 Å². The van der Waals surface area contributed by atoms with Crippen LogP contribution in [0.5, 0.6) is 5.75 Å². The second kappa shape index (κ2) is 6.35. The molecule has 4 nitrogen and oxygen atoms in total. The van der Waals surface area contributed by atoms with Crippen LogP contribution in [0.1, 0.15) is 5.56 Å². The lowest BCUT2D eigenvalue weighted by atomic mass is 10.1. The molecule has 0 heterocycles. The second-order valence-corrected chi connectivity index (χ2v) is 5.30. The van der Waals surface area contributed by atoms with Crippen molar-refractivity contribution >= 4 is 28.2 Å². The molecule has 0 aliphatic carbocycles. The molecule has 2 amide bonds. The molecule has 0 saturated heterocycles. The van der Waals surface area contributed by atoms with Crippen LogP contribution in [0.4, 0.5) is 29.3 Å². The highest BCUT2D eigenvalue weighted by Crippen LogP contribution is 2.35. The zero-order chi connectivity index (χ0) is 18.0. The fourth-order valence-electron chi connectivity index (χ4n) is 2.52. The van der Waals surface area contributed by atoms with E-state index in [9.17, 15) is 23.1 Å². The van der Waals surface area contributed by atoms with E-state index >= 15 is 0 Å². The number of para-hydroxylation sites is 1. The van der Waals surface area contributed by atoms with Crippen LogP contribution in [0.3, 0.4) is 0 Å². The molecule has 25 heavy (non-hydrogen) atoms. The number of alkyl halides is 3. The highest BCUT2D eigenvalue weighted by Gasteiger charge is 2.33. The van der Waals surface area contributed by atoms with Crippen LogP contribution in [-0.2, 0) is 6.18 Å². The Morgan fingerprint density at radius 1 is 0.800 bits per heavy atom. The lowest BCUT2D eigenvalue weighted by molar-refractivity contribution is -0.136. The zero-order valence-corrected chi connectivity index (χ0v) is 12.8. The Morgan fingerprint density at radius 3 is 2.16 bits per heavy atom. The molecule has 0 aliphatic heterocycles. The van der Waals surface area contributed by atoms with Crippen molar-refractivity contribution in [3.8, 4) is 5.75 Å². The first kappa shape index (κ1) is 16.6. The SMILES string of the molecule is O=C(Nc1ccccc1C(F)(F)F)Nc1cccc2c(O)cccc12. The fourth-order valence-corrected chi connectivity index (χ4v) is 2.52. The monoisotopic (exact) mass is 346 g/mol. The highest BCUT2D eigenvalue weighted by molar-refractivity contribution is 6.07. The first-order chi connectivity index (χ1) is 11.9. The zero-order valence-electron chi connectivity index (χ0n) is 12.8. The van der Waals surface area contributed by atoms with Crippen LogP contribution in [-0.4, -0.2) is 11.1 Å². The first-order valence-electron chi connectivity index (χ1n) is 7.31. The minimum atomic E-state index is -4.57. The standard InChI is InChI=1S/C18H13F3N2O2/c19-18(20,21)13-7-1-2-8-15(13)23-17(25)22-14-9-3-6-12-11(14)5-4-10-16(12)24/h1-10,24H,(H2,22,23,25). The fraction of sp³-hybridized carbons (Fsp3) is 0.0556. The number of amides is 2. The molecule has 3 rings (SSSR count). The molecule has 0 unspecified atom stereocenters. The van der Waals surface area contributed by atoms with Crippen molar-refractivity contribution in [3.63, 3.8) is 0 Å². The minimum absolute atomic E-state index is 0.0453. The molecule has 0 bridgehead atoms. The number of rotatable bonds is 2. The van der Waals surface area contributed by atoms with E-state index in [1.807, 2.05) is 0 Å². The van der Waals surface area contributed by atoms with Crippen molar-refractivity contribution < 1.29 is 23.1 Å². The van der Waals surface area contributed by atoms with E-state index in [0.717, 1.165) is 6.07 Å². The van der Waals surface area contributed by atoms with Crippen LogP contribution in [0.2, 0.25) is 0 Å². The maximum atomic E-state index is 13.0. The van der Waals surface area contributed by atoms with Gasteiger partial charge in [-0.05, 0) is 24.3 Å². The average Bonchev–Trinajstić information content (AvgIpc) is 2.55. The summed E-state index contributed by atoms with van der Waals surface area (Å²) in [5.74, 6) is 0.0453. The number of carbonyl (C=O) groups is 1. The molecule has 7 heteroatoms. The Labute approximate surface area is 140 Å². The van der Waals surface area contributed by atoms with Crippen molar-refractivity contribution in [1.29, 1.82) is 0 Å². The molecule has 3 aromatic rings. The Balaban J connectivity index is 1.87. The minimum Gasteiger partial charge on any atom is -0.507 e. The van der Waals surface area contributed by atoms with Gasteiger partial charge >= 0.3 is 12.2 Å². The van der Waals surface area contributed by atoms with Gasteiger partial charge in [0.1, 0.15) is 5.75 Å². The lowest BCUT2D eigenvalue weighted by Crippen LogP contribution is -2.22. The van der Waals surface area contributed by atoms with Gasteiger partial charge in [-0.25, -0.2) is 4.79 Å². The lowest BCUT2D eigenvalue weighted by Gasteiger charge is -2.15. The smallest absolute Gasteiger partial charge is 0.418 e. The van der Waals surface area contributed by atoms with Gasteiger partial charge in [0.15, 0.2) is 0 Å². The molecule has 0 atom stereocenters. The molecule has 0 radical (unpaired) electrons. The maximum absolute atomic E-state index is 13.0. The Morgan fingerprint density at radius 2 is 1.40 bits per heavy atom. The van der Waals surface area contributed by atoms with E-state index in [4.69, 9.17) is 0 Å². The number of hydrogen-bond donors (Lipinski definition) is 3. The molecular weight excluding hydrogens is 333 g/mol. The van der Waals surface area contributed by atoms with Gasteiger partial charge in [0.25, 0.3) is 0 Å². The van der Waals surface area contributed by atoms with Crippen LogP contribution in [0.25, 0.3) is 10.8 Å². The van der Waals surface area contributed by atoms with Gasteiger partial charge in [-0.3, -0.25) is 0 Å². The van der Waals surface area contributed by atoms with E-state index in [1.54, 1.807) is 30.3 Å². The van der Waals surface area contributed by atoms with E-state index in [1.165, 1.54) is 24.3 Å². The quantitative estimate of drug-likeness (QED) is 0.597. The molecule has 0 aliphatic rings. The van der Waals surface area contributed by atoms with Gasteiger partial charge in [0.05, 0.1) is 16.9 Å². The summed E-state index contributed by atoms with van der Waals surface area (Å²) in [6, 6.07) is 13.6. The third-order valence-electron chi connectivity index (χ3n) is 3.63. The molecule has 0 saturated carbocycles. The molecule has 128 valence electrons. The predicted molar refractivity (Wildman–Crippen MR) is 89.7 cm³/mol. The van der Waals surface area contributed by atoms with Crippen molar-refractivity contribution in [3.05, 3.63) is 66.2 Å². The second-order valence-electron chi connectivity index (χ2n) is 5.30. The summed E-state index contributed by atoms with van der Waals surface area (Å²) < 4.78 is 38.9. The molecule has 0 fully saturated rings.